The predicted octanol–water partition coefficient (Wildman–Crippen LogP) is 3.90. The van der Waals surface area contributed by atoms with Crippen LogP contribution in [0.4, 0.5) is 5.69 Å². The molecule has 0 atom stereocenters. The van der Waals surface area contributed by atoms with Gasteiger partial charge in [0.25, 0.3) is 5.91 Å². The Balaban J connectivity index is 2.27. The zero-order chi connectivity index (χ0) is 17.5. The molecular formula is C18H15ClN2O3. The van der Waals surface area contributed by atoms with Gasteiger partial charge in [0, 0.05) is 22.3 Å². The number of halogens is 1. The molecule has 1 N–H and O–H groups in total. The Labute approximate surface area is 145 Å². The lowest BCUT2D eigenvalue weighted by atomic mass is 10.1. The minimum atomic E-state index is -0.516. The van der Waals surface area contributed by atoms with Crippen LogP contribution in [0.15, 0.2) is 48.0 Å². The van der Waals surface area contributed by atoms with Crippen LogP contribution < -0.4 is 14.8 Å². The first kappa shape index (κ1) is 17.4. The Kier molecular flexibility index (Phi) is 5.83. The van der Waals surface area contributed by atoms with E-state index >= 15 is 0 Å². The van der Waals surface area contributed by atoms with Gasteiger partial charge in [0.1, 0.15) is 23.1 Å². The van der Waals surface area contributed by atoms with E-state index in [1.165, 1.54) is 13.2 Å². The SMILES string of the molecule is COc1ccc(/C=C(/C#N)C(=O)Nc2ccc(Cl)cc2)c(OC)c1. The van der Waals surface area contributed by atoms with E-state index in [2.05, 4.69) is 5.32 Å². The summed E-state index contributed by atoms with van der Waals surface area (Å²) in [4.78, 5) is 12.3. The number of nitrogens with one attached hydrogen (secondary N) is 1. The van der Waals surface area contributed by atoms with E-state index in [1.807, 2.05) is 6.07 Å². The van der Waals surface area contributed by atoms with Crippen molar-refractivity contribution in [3.63, 3.8) is 0 Å². The molecule has 0 saturated carbocycles. The minimum absolute atomic E-state index is 0.0478. The van der Waals surface area contributed by atoms with E-state index in [9.17, 15) is 10.1 Å². The van der Waals surface area contributed by atoms with Crippen molar-refractivity contribution in [3.8, 4) is 17.6 Å². The highest BCUT2D eigenvalue weighted by Crippen LogP contribution is 2.26. The molecule has 0 saturated heterocycles. The van der Waals surface area contributed by atoms with Gasteiger partial charge in [-0.1, -0.05) is 11.6 Å². The maximum atomic E-state index is 12.3. The largest absolute Gasteiger partial charge is 0.497 e. The van der Waals surface area contributed by atoms with E-state index in [1.54, 1.807) is 49.6 Å². The lowest BCUT2D eigenvalue weighted by molar-refractivity contribution is -0.112. The van der Waals surface area contributed by atoms with Crippen molar-refractivity contribution in [1.82, 2.24) is 0 Å². The van der Waals surface area contributed by atoms with Gasteiger partial charge in [0.2, 0.25) is 0 Å². The molecule has 2 aromatic rings. The first-order chi connectivity index (χ1) is 11.6. The number of ether oxygens (including phenoxy) is 2. The van der Waals surface area contributed by atoms with E-state index in [4.69, 9.17) is 21.1 Å². The number of rotatable bonds is 5. The van der Waals surface area contributed by atoms with Crippen LogP contribution in [-0.4, -0.2) is 20.1 Å². The molecule has 0 fully saturated rings. The molecular weight excluding hydrogens is 328 g/mol. The molecule has 0 aliphatic heterocycles. The number of hydrogen-bond acceptors (Lipinski definition) is 4. The number of nitriles is 1. The van der Waals surface area contributed by atoms with Crippen molar-refractivity contribution in [2.75, 3.05) is 19.5 Å². The highest BCUT2D eigenvalue weighted by molar-refractivity contribution is 6.30. The quantitative estimate of drug-likeness (QED) is 0.660. The van der Waals surface area contributed by atoms with Gasteiger partial charge in [-0.25, -0.2) is 0 Å². The standard InChI is InChI=1S/C18H15ClN2O3/c1-23-16-8-3-12(17(10-16)24-2)9-13(11-20)18(22)21-15-6-4-14(19)5-7-15/h3-10H,1-2H3,(H,21,22)/b13-9-. The third-order valence-corrected chi connectivity index (χ3v) is 3.46. The molecule has 0 heterocycles. The maximum absolute atomic E-state index is 12.3. The van der Waals surface area contributed by atoms with Gasteiger partial charge in [-0.2, -0.15) is 5.26 Å². The number of carbonyl (C=O) groups excluding carboxylic acids is 1. The second-order valence-corrected chi connectivity index (χ2v) is 5.18. The molecule has 1 amide bonds. The average Bonchev–Trinajstić information content (AvgIpc) is 2.61. The maximum Gasteiger partial charge on any atom is 0.266 e. The highest BCUT2D eigenvalue weighted by atomic mass is 35.5. The van der Waals surface area contributed by atoms with E-state index in [-0.39, 0.29) is 5.57 Å². The Hall–Kier alpha value is -2.97. The van der Waals surface area contributed by atoms with E-state index in [0.29, 0.717) is 27.8 Å². The molecule has 0 spiro atoms. The molecule has 0 aliphatic carbocycles. The van der Waals surface area contributed by atoms with Gasteiger partial charge in [0.15, 0.2) is 0 Å². The van der Waals surface area contributed by atoms with Gasteiger partial charge in [0.05, 0.1) is 14.2 Å². The van der Waals surface area contributed by atoms with Gasteiger partial charge < -0.3 is 14.8 Å². The first-order valence-corrected chi connectivity index (χ1v) is 7.36. The number of methoxy groups -OCH3 is 2. The fraction of sp³-hybridized carbons (Fsp3) is 0.111. The summed E-state index contributed by atoms with van der Waals surface area (Å²) < 4.78 is 10.4. The van der Waals surface area contributed by atoms with Gasteiger partial charge in [-0.3, -0.25) is 4.79 Å². The molecule has 6 heteroatoms. The fourth-order valence-corrected chi connectivity index (χ4v) is 2.10. The van der Waals surface area contributed by atoms with Crippen LogP contribution in [0.5, 0.6) is 11.5 Å². The van der Waals surface area contributed by atoms with Crippen molar-refractivity contribution in [2.45, 2.75) is 0 Å². The normalized spacial score (nSPS) is 10.7. The molecule has 0 radical (unpaired) electrons. The second-order valence-electron chi connectivity index (χ2n) is 4.74. The smallest absolute Gasteiger partial charge is 0.266 e. The lowest BCUT2D eigenvalue weighted by Gasteiger charge is -2.08. The van der Waals surface area contributed by atoms with Crippen LogP contribution in [0.25, 0.3) is 6.08 Å². The summed E-state index contributed by atoms with van der Waals surface area (Å²) in [5.74, 6) is 0.604. The molecule has 122 valence electrons. The third kappa shape index (κ3) is 4.28. The Morgan fingerprint density at radius 1 is 1.17 bits per heavy atom. The van der Waals surface area contributed by atoms with Crippen LogP contribution in [0.2, 0.25) is 5.02 Å². The molecule has 2 aromatic carbocycles. The Morgan fingerprint density at radius 2 is 1.88 bits per heavy atom. The molecule has 0 unspecified atom stereocenters. The number of carbonyl (C=O) groups is 1. The van der Waals surface area contributed by atoms with Gasteiger partial charge in [-0.15, -0.1) is 0 Å². The number of amides is 1. The summed E-state index contributed by atoms with van der Waals surface area (Å²) in [6, 6.07) is 13.6. The summed E-state index contributed by atoms with van der Waals surface area (Å²) in [5, 5.41) is 12.5. The number of hydrogen-bond donors (Lipinski definition) is 1. The van der Waals surface area contributed by atoms with Gasteiger partial charge >= 0.3 is 0 Å². The monoisotopic (exact) mass is 342 g/mol. The average molecular weight is 343 g/mol. The number of nitrogens with zero attached hydrogens (tertiary/aromatic N) is 1. The van der Waals surface area contributed by atoms with Crippen molar-refractivity contribution in [3.05, 3.63) is 58.6 Å². The van der Waals surface area contributed by atoms with Crippen molar-refractivity contribution >= 4 is 29.3 Å². The van der Waals surface area contributed by atoms with Gasteiger partial charge in [-0.05, 0) is 42.5 Å². The van der Waals surface area contributed by atoms with Crippen molar-refractivity contribution in [2.24, 2.45) is 0 Å². The van der Waals surface area contributed by atoms with Crippen LogP contribution >= 0.6 is 11.6 Å². The summed E-state index contributed by atoms with van der Waals surface area (Å²) in [6.07, 6.45) is 1.46. The molecule has 5 nitrogen and oxygen atoms in total. The Morgan fingerprint density at radius 3 is 2.46 bits per heavy atom. The zero-order valence-corrected chi connectivity index (χ0v) is 13.9. The highest BCUT2D eigenvalue weighted by Gasteiger charge is 2.12. The van der Waals surface area contributed by atoms with Crippen molar-refractivity contribution < 1.29 is 14.3 Å². The number of anilines is 1. The molecule has 0 bridgehead atoms. The van der Waals surface area contributed by atoms with Crippen LogP contribution in [0, 0.1) is 11.3 Å². The predicted molar refractivity (Wildman–Crippen MR) is 93.2 cm³/mol. The summed E-state index contributed by atoms with van der Waals surface area (Å²) in [5.41, 5.74) is 1.10. The lowest BCUT2D eigenvalue weighted by Crippen LogP contribution is -2.13. The number of benzene rings is 2. The summed E-state index contributed by atoms with van der Waals surface area (Å²) in [6.45, 7) is 0. The first-order valence-electron chi connectivity index (χ1n) is 6.98. The molecule has 0 aliphatic rings. The summed E-state index contributed by atoms with van der Waals surface area (Å²) >= 11 is 5.80. The van der Waals surface area contributed by atoms with Crippen LogP contribution in [-0.2, 0) is 4.79 Å². The zero-order valence-electron chi connectivity index (χ0n) is 13.2. The molecule has 24 heavy (non-hydrogen) atoms. The fourth-order valence-electron chi connectivity index (χ4n) is 1.97. The van der Waals surface area contributed by atoms with Crippen LogP contribution in [0.3, 0.4) is 0 Å². The summed E-state index contributed by atoms with van der Waals surface area (Å²) in [7, 11) is 3.05. The molecule has 0 aromatic heterocycles. The van der Waals surface area contributed by atoms with E-state index < -0.39 is 5.91 Å². The van der Waals surface area contributed by atoms with Crippen molar-refractivity contribution in [1.29, 1.82) is 5.26 Å². The minimum Gasteiger partial charge on any atom is -0.497 e. The Bertz CT molecular complexity index is 808. The second kappa shape index (κ2) is 8.04. The van der Waals surface area contributed by atoms with E-state index in [0.717, 1.165) is 0 Å². The topological polar surface area (TPSA) is 71.3 Å². The molecule has 2 rings (SSSR count). The third-order valence-electron chi connectivity index (χ3n) is 3.21. The van der Waals surface area contributed by atoms with Crippen LogP contribution in [0.1, 0.15) is 5.56 Å².